The van der Waals surface area contributed by atoms with E-state index in [4.69, 9.17) is 0 Å². The van der Waals surface area contributed by atoms with Gasteiger partial charge in [-0.1, -0.05) is 13.8 Å². The first-order valence-electron chi connectivity index (χ1n) is 4.73. The Kier molecular flexibility index (Phi) is 11.2. The molecule has 0 saturated carbocycles. The molecule has 0 heterocycles. The summed E-state index contributed by atoms with van der Waals surface area (Å²) in [6.45, 7) is 4.36. The van der Waals surface area contributed by atoms with E-state index < -0.39 is 0 Å². The van der Waals surface area contributed by atoms with Crippen molar-refractivity contribution in [2.75, 3.05) is 23.0 Å². The summed E-state index contributed by atoms with van der Waals surface area (Å²) in [5, 5.41) is 1.78. The van der Waals surface area contributed by atoms with Crippen LogP contribution in [0.1, 0.15) is 13.8 Å². The third-order valence-electron chi connectivity index (χ3n) is 1.60. The lowest BCUT2D eigenvalue weighted by Crippen LogP contribution is -2.14. The highest BCUT2D eigenvalue weighted by Crippen LogP contribution is 2.22. The van der Waals surface area contributed by atoms with Crippen LogP contribution in [0.2, 0.25) is 0 Å². The molecule has 0 radical (unpaired) electrons. The van der Waals surface area contributed by atoms with Crippen molar-refractivity contribution in [2.45, 2.75) is 29.6 Å². The van der Waals surface area contributed by atoms with Crippen molar-refractivity contribution in [3.63, 3.8) is 0 Å². The maximum atomic E-state index is 4.37. The summed E-state index contributed by atoms with van der Waals surface area (Å²) in [6, 6.07) is 0. The molecule has 0 aliphatic heterocycles. The van der Waals surface area contributed by atoms with Crippen molar-refractivity contribution >= 4 is 61.4 Å². The molecule has 0 saturated heterocycles. The molecule has 0 bridgehead atoms. The average Bonchev–Trinajstić information content (AvgIpc) is 2.17. The Bertz CT molecular complexity index is 128. The van der Waals surface area contributed by atoms with E-state index in [1.54, 1.807) is 0 Å². The van der Waals surface area contributed by atoms with Gasteiger partial charge in [-0.05, 0) is 0 Å². The topological polar surface area (TPSA) is 0 Å². The summed E-state index contributed by atoms with van der Waals surface area (Å²) in [5.74, 6) is 4.20. The minimum Gasteiger partial charge on any atom is -0.178 e. The van der Waals surface area contributed by atoms with E-state index >= 15 is 0 Å². The normalized spacial score (nSPS) is 17.8. The molecule has 86 valence electrons. The molecular weight excluding hydrogens is 268 g/mol. The molecule has 0 fully saturated rings. The molecule has 0 amide bonds. The molecule has 3 atom stereocenters. The molecular formula is C9H20S5. The molecule has 0 nitrogen and oxygen atoms in total. The maximum Gasteiger partial charge on any atom is 0.0226 e. The predicted molar refractivity (Wildman–Crippen MR) is 84.3 cm³/mol. The van der Waals surface area contributed by atoms with Gasteiger partial charge in [0.2, 0.25) is 0 Å². The zero-order valence-electron chi connectivity index (χ0n) is 8.72. The Morgan fingerprint density at radius 2 is 1.64 bits per heavy atom. The molecule has 0 aromatic rings. The highest BCUT2D eigenvalue weighted by atomic mass is 32.2. The minimum atomic E-state index is 0.481. The van der Waals surface area contributed by atoms with Gasteiger partial charge in [-0.25, -0.2) is 0 Å². The molecule has 0 aromatic carbocycles. The van der Waals surface area contributed by atoms with Gasteiger partial charge in [0.25, 0.3) is 0 Å². The summed E-state index contributed by atoms with van der Waals surface area (Å²) < 4.78 is 0. The second-order valence-corrected chi connectivity index (χ2v) is 7.73. The summed E-state index contributed by atoms with van der Waals surface area (Å²) >= 11 is 17.0. The first kappa shape index (κ1) is 15.8. The maximum absolute atomic E-state index is 4.37. The zero-order valence-corrected chi connectivity index (χ0v) is 13.0. The van der Waals surface area contributed by atoms with Crippen LogP contribution in [0, 0.1) is 0 Å². The van der Waals surface area contributed by atoms with Crippen LogP contribution in [0.25, 0.3) is 0 Å². The van der Waals surface area contributed by atoms with Gasteiger partial charge in [0.15, 0.2) is 0 Å². The Balaban J connectivity index is 3.57. The highest BCUT2D eigenvalue weighted by Gasteiger charge is 2.10. The van der Waals surface area contributed by atoms with Crippen molar-refractivity contribution in [1.29, 1.82) is 0 Å². The third-order valence-corrected chi connectivity index (χ3v) is 6.55. The quantitative estimate of drug-likeness (QED) is 0.586. The number of hydrogen-bond acceptors (Lipinski definition) is 5. The van der Waals surface area contributed by atoms with Crippen LogP contribution in [0.15, 0.2) is 0 Å². The largest absolute Gasteiger partial charge is 0.178 e. The Morgan fingerprint density at radius 3 is 2.07 bits per heavy atom. The van der Waals surface area contributed by atoms with E-state index in [2.05, 4.69) is 51.7 Å². The van der Waals surface area contributed by atoms with E-state index in [1.807, 2.05) is 23.5 Å². The highest BCUT2D eigenvalue weighted by molar-refractivity contribution is 8.04. The summed E-state index contributed by atoms with van der Waals surface area (Å²) in [4.78, 5) is 0. The Hall–Kier alpha value is 1.75. The fourth-order valence-corrected chi connectivity index (χ4v) is 3.99. The summed E-state index contributed by atoms with van der Waals surface area (Å²) in [7, 11) is 0. The molecule has 3 unspecified atom stereocenters. The monoisotopic (exact) mass is 288 g/mol. The molecule has 0 aromatic heterocycles. The number of hydrogen-bond donors (Lipinski definition) is 3. The van der Waals surface area contributed by atoms with Crippen LogP contribution in [-0.2, 0) is 0 Å². The zero-order chi connectivity index (χ0) is 11.0. The fraction of sp³-hybridized carbons (Fsp3) is 1.00. The van der Waals surface area contributed by atoms with E-state index in [-0.39, 0.29) is 0 Å². The van der Waals surface area contributed by atoms with Crippen LogP contribution < -0.4 is 0 Å². The van der Waals surface area contributed by atoms with Gasteiger partial charge in [-0.3, -0.25) is 0 Å². The van der Waals surface area contributed by atoms with Crippen molar-refractivity contribution in [2.24, 2.45) is 0 Å². The number of thioether (sulfide) groups is 2. The number of thiol groups is 3. The molecule has 0 N–H and O–H groups in total. The minimum absolute atomic E-state index is 0.481. The SMILES string of the molecule is CC(S)CSC(CS)CSC(C)CS. The first-order chi connectivity index (χ1) is 6.60. The molecule has 0 aliphatic rings. The molecule has 0 spiro atoms. The van der Waals surface area contributed by atoms with Crippen LogP contribution in [0.3, 0.4) is 0 Å². The lowest BCUT2D eigenvalue weighted by Gasteiger charge is -2.16. The molecule has 0 rings (SSSR count). The molecule has 14 heavy (non-hydrogen) atoms. The van der Waals surface area contributed by atoms with Crippen LogP contribution in [0.5, 0.6) is 0 Å². The van der Waals surface area contributed by atoms with Gasteiger partial charge in [-0.15, -0.1) is 0 Å². The van der Waals surface area contributed by atoms with Gasteiger partial charge >= 0.3 is 0 Å². The lowest BCUT2D eigenvalue weighted by molar-refractivity contribution is 1.08. The Morgan fingerprint density at radius 1 is 1.00 bits per heavy atom. The molecule has 0 aliphatic carbocycles. The fourth-order valence-electron chi connectivity index (χ4n) is 0.753. The number of rotatable bonds is 8. The van der Waals surface area contributed by atoms with E-state index in [0.717, 1.165) is 17.3 Å². The Labute approximate surface area is 113 Å². The standard InChI is InChI=1S/C9H20S5/c1-7(12)5-14-9(4-11)6-13-8(2)3-10/h7-12H,3-6H2,1-2H3. The molecule has 5 heteroatoms. The van der Waals surface area contributed by atoms with Crippen molar-refractivity contribution in [3.05, 3.63) is 0 Å². The van der Waals surface area contributed by atoms with Gasteiger partial charge in [-0.2, -0.15) is 61.4 Å². The van der Waals surface area contributed by atoms with Crippen molar-refractivity contribution in [3.8, 4) is 0 Å². The van der Waals surface area contributed by atoms with E-state index in [9.17, 15) is 0 Å². The summed E-state index contributed by atoms with van der Waals surface area (Å²) in [6.07, 6.45) is 0. The second kappa shape index (κ2) is 9.94. The van der Waals surface area contributed by atoms with Crippen LogP contribution >= 0.6 is 61.4 Å². The lowest BCUT2D eigenvalue weighted by atomic mass is 10.5. The third kappa shape index (κ3) is 9.01. The van der Waals surface area contributed by atoms with Gasteiger partial charge < -0.3 is 0 Å². The van der Waals surface area contributed by atoms with E-state index in [1.165, 1.54) is 5.75 Å². The van der Waals surface area contributed by atoms with Gasteiger partial charge in [0.1, 0.15) is 0 Å². The van der Waals surface area contributed by atoms with Gasteiger partial charge in [0.05, 0.1) is 0 Å². The van der Waals surface area contributed by atoms with E-state index in [0.29, 0.717) is 15.7 Å². The van der Waals surface area contributed by atoms with Crippen molar-refractivity contribution in [1.82, 2.24) is 0 Å². The smallest absolute Gasteiger partial charge is 0.0226 e. The summed E-state index contributed by atoms with van der Waals surface area (Å²) in [5.41, 5.74) is 0. The predicted octanol–water partition coefficient (Wildman–Crippen LogP) is 3.39. The second-order valence-electron chi connectivity index (χ2n) is 3.31. The van der Waals surface area contributed by atoms with Crippen LogP contribution in [-0.4, -0.2) is 38.8 Å². The van der Waals surface area contributed by atoms with Crippen LogP contribution in [0.4, 0.5) is 0 Å². The average molecular weight is 289 g/mol. The van der Waals surface area contributed by atoms with Gasteiger partial charge in [0, 0.05) is 38.8 Å². The first-order valence-corrected chi connectivity index (χ1v) is 8.61. The van der Waals surface area contributed by atoms with Crippen molar-refractivity contribution < 1.29 is 0 Å².